The minimum absolute atomic E-state index is 0.108. The molecule has 0 spiro atoms. The predicted molar refractivity (Wildman–Crippen MR) is 84.9 cm³/mol. The number of rotatable bonds is 5. The summed E-state index contributed by atoms with van der Waals surface area (Å²) in [6.45, 7) is 7.61. The molecule has 1 heterocycles. The zero-order valence-electron chi connectivity index (χ0n) is 13.1. The minimum Gasteiger partial charge on any atom is -0.330 e. The van der Waals surface area contributed by atoms with Gasteiger partial charge in [-0.05, 0) is 37.8 Å². The fourth-order valence-corrected chi connectivity index (χ4v) is 3.31. The second-order valence-electron chi connectivity index (χ2n) is 6.39. The normalized spacial score (nSPS) is 21.8. The third kappa shape index (κ3) is 3.07. The first kappa shape index (κ1) is 15.2. The number of aryl methyl sites for hydroxylation is 1. The van der Waals surface area contributed by atoms with Gasteiger partial charge in [-0.15, -0.1) is 0 Å². The average Bonchev–Trinajstić information content (AvgIpc) is 3.26. The Kier molecular flexibility index (Phi) is 4.30. The zero-order valence-corrected chi connectivity index (χ0v) is 13.1. The highest BCUT2D eigenvalue weighted by atomic mass is 19.1. The maximum atomic E-state index is 14.3. The van der Waals surface area contributed by atoms with Gasteiger partial charge in [0.2, 0.25) is 5.91 Å². The Balaban J connectivity index is 1.76. The molecule has 0 aromatic heterocycles. The van der Waals surface area contributed by atoms with Gasteiger partial charge in [0, 0.05) is 37.3 Å². The summed E-state index contributed by atoms with van der Waals surface area (Å²) in [6, 6.07) is 6.23. The topological polar surface area (TPSA) is 23.6 Å². The van der Waals surface area contributed by atoms with Gasteiger partial charge in [-0.3, -0.25) is 9.69 Å². The number of halogens is 1. The van der Waals surface area contributed by atoms with Crippen LogP contribution in [0.4, 0.5) is 4.39 Å². The van der Waals surface area contributed by atoms with Gasteiger partial charge in [-0.2, -0.15) is 0 Å². The summed E-state index contributed by atoms with van der Waals surface area (Å²) in [6.07, 6.45) is 4.85. The fourth-order valence-electron chi connectivity index (χ4n) is 3.31. The van der Waals surface area contributed by atoms with Gasteiger partial charge in [0.05, 0.1) is 0 Å². The van der Waals surface area contributed by atoms with Gasteiger partial charge in [-0.25, -0.2) is 4.39 Å². The first-order valence-corrected chi connectivity index (χ1v) is 8.01. The van der Waals surface area contributed by atoms with Crippen molar-refractivity contribution in [3.63, 3.8) is 0 Å². The van der Waals surface area contributed by atoms with Crippen LogP contribution in [0.1, 0.15) is 30.4 Å². The lowest BCUT2D eigenvalue weighted by atomic mass is 10.1. The molecule has 0 N–H and O–H groups in total. The van der Waals surface area contributed by atoms with Crippen LogP contribution in [-0.4, -0.2) is 40.9 Å². The Labute approximate surface area is 131 Å². The van der Waals surface area contributed by atoms with E-state index in [1.165, 1.54) is 18.9 Å². The molecular weight excluding hydrogens is 279 g/mol. The molecule has 0 radical (unpaired) electrons. The van der Waals surface area contributed by atoms with Gasteiger partial charge in [-0.1, -0.05) is 24.8 Å². The van der Waals surface area contributed by atoms with E-state index >= 15 is 0 Å². The minimum atomic E-state index is -0.207. The molecule has 1 aliphatic carbocycles. The van der Waals surface area contributed by atoms with Crippen molar-refractivity contribution in [2.24, 2.45) is 0 Å². The summed E-state index contributed by atoms with van der Waals surface area (Å²) in [5, 5.41) is 0. The zero-order chi connectivity index (χ0) is 15.7. The van der Waals surface area contributed by atoms with E-state index in [1.54, 1.807) is 24.0 Å². The molecule has 118 valence electrons. The van der Waals surface area contributed by atoms with E-state index in [-0.39, 0.29) is 17.8 Å². The van der Waals surface area contributed by atoms with Crippen molar-refractivity contribution in [1.82, 2.24) is 9.80 Å². The van der Waals surface area contributed by atoms with Gasteiger partial charge >= 0.3 is 0 Å². The van der Waals surface area contributed by atoms with Crippen LogP contribution in [0.3, 0.4) is 0 Å². The lowest BCUT2D eigenvalue weighted by molar-refractivity contribution is -0.128. The van der Waals surface area contributed by atoms with Crippen molar-refractivity contribution in [1.29, 1.82) is 0 Å². The summed E-state index contributed by atoms with van der Waals surface area (Å²) in [4.78, 5) is 16.5. The third-order valence-corrected chi connectivity index (χ3v) is 4.77. The molecule has 22 heavy (non-hydrogen) atoms. The first-order valence-electron chi connectivity index (χ1n) is 8.01. The summed E-state index contributed by atoms with van der Waals surface area (Å²) >= 11 is 0. The molecule has 1 aromatic rings. The molecule has 1 unspecified atom stereocenters. The number of benzene rings is 1. The molecular formula is C18H23FN2O. The van der Waals surface area contributed by atoms with E-state index in [4.69, 9.17) is 0 Å². The maximum absolute atomic E-state index is 14.3. The highest BCUT2D eigenvalue weighted by molar-refractivity contribution is 5.87. The van der Waals surface area contributed by atoms with Crippen molar-refractivity contribution < 1.29 is 9.18 Å². The van der Waals surface area contributed by atoms with Crippen LogP contribution in [-0.2, 0) is 11.3 Å². The fraction of sp³-hybridized carbons (Fsp3) is 0.500. The largest absolute Gasteiger partial charge is 0.330 e. The standard InChI is InChI=1S/C18H23FN2O/c1-3-17(22)21(11-14-6-4-5-13(2)18(14)19)16-9-10-20(12-16)15-7-8-15/h3-6,15-16H,1,7-12H2,2H3. The summed E-state index contributed by atoms with van der Waals surface area (Å²) in [7, 11) is 0. The van der Waals surface area contributed by atoms with Gasteiger partial charge in [0.15, 0.2) is 0 Å². The van der Waals surface area contributed by atoms with Crippen molar-refractivity contribution >= 4 is 5.91 Å². The SMILES string of the molecule is C=CC(=O)N(Cc1cccc(C)c1F)C1CCN(C2CC2)C1. The Morgan fingerprint density at radius 2 is 2.23 bits per heavy atom. The van der Waals surface area contributed by atoms with E-state index in [1.807, 2.05) is 6.07 Å². The number of hydrogen-bond acceptors (Lipinski definition) is 2. The van der Waals surface area contributed by atoms with E-state index in [2.05, 4.69) is 11.5 Å². The maximum Gasteiger partial charge on any atom is 0.246 e. The predicted octanol–water partition coefficient (Wildman–Crippen LogP) is 2.89. The van der Waals surface area contributed by atoms with E-state index in [0.29, 0.717) is 23.7 Å². The van der Waals surface area contributed by atoms with Crippen LogP contribution in [0.5, 0.6) is 0 Å². The summed E-state index contributed by atoms with van der Waals surface area (Å²) < 4.78 is 14.3. The quantitative estimate of drug-likeness (QED) is 0.781. The number of carbonyl (C=O) groups is 1. The Morgan fingerprint density at radius 1 is 1.45 bits per heavy atom. The molecule has 1 amide bonds. The van der Waals surface area contributed by atoms with E-state index < -0.39 is 0 Å². The number of hydrogen-bond donors (Lipinski definition) is 0. The van der Waals surface area contributed by atoms with Crippen molar-refractivity contribution in [2.45, 2.75) is 44.8 Å². The summed E-state index contributed by atoms with van der Waals surface area (Å²) in [5.41, 5.74) is 1.20. The van der Waals surface area contributed by atoms with E-state index in [9.17, 15) is 9.18 Å². The van der Waals surface area contributed by atoms with Crippen LogP contribution in [0.15, 0.2) is 30.9 Å². The molecule has 1 saturated carbocycles. The molecule has 1 aromatic carbocycles. The second-order valence-corrected chi connectivity index (χ2v) is 6.39. The third-order valence-electron chi connectivity index (χ3n) is 4.77. The monoisotopic (exact) mass is 302 g/mol. The van der Waals surface area contributed by atoms with Crippen molar-refractivity contribution in [3.05, 3.63) is 47.8 Å². The molecule has 1 saturated heterocycles. The van der Waals surface area contributed by atoms with Crippen LogP contribution < -0.4 is 0 Å². The van der Waals surface area contributed by atoms with Crippen molar-refractivity contribution in [3.8, 4) is 0 Å². The van der Waals surface area contributed by atoms with Crippen LogP contribution in [0.2, 0.25) is 0 Å². The highest BCUT2D eigenvalue weighted by Gasteiger charge is 2.37. The number of carbonyl (C=O) groups excluding carboxylic acids is 1. The lowest BCUT2D eigenvalue weighted by Gasteiger charge is -2.28. The number of amides is 1. The average molecular weight is 302 g/mol. The van der Waals surface area contributed by atoms with Crippen LogP contribution >= 0.6 is 0 Å². The molecule has 1 atom stereocenters. The van der Waals surface area contributed by atoms with Gasteiger partial charge in [0.1, 0.15) is 5.82 Å². The molecule has 2 fully saturated rings. The Bertz CT molecular complexity index is 582. The highest BCUT2D eigenvalue weighted by Crippen LogP contribution is 2.31. The van der Waals surface area contributed by atoms with Gasteiger partial charge in [0.25, 0.3) is 0 Å². The van der Waals surface area contributed by atoms with Crippen LogP contribution in [0.25, 0.3) is 0 Å². The molecule has 2 aliphatic rings. The molecule has 4 heteroatoms. The Hall–Kier alpha value is -1.68. The number of nitrogens with zero attached hydrogens (tertiary/aromatic N) is 2. The smallest absolute Gasteiger partial charge is 0.246 e. The second kappa shape index (κ2) is 6.21. The summed E-state index contributed by atoms with van der Waals surface area (Å²) in [5.74, 6) is -0.315. The molecule has 1 aliphatic heterocycles. The molecule has 3 rings (SSSR count). The molecule has 0 bridgehead atoms. The Morgan fingerprint density at radius 3 is 2.91 bits per heavy atom. The van der Waals surface area contributed by atoms with Crippen LogP contribution in [0, 0.1) is 12.7 Å². The lowest BCUT2D eigenvalue weighted by Crippen LogP contribution is -2.41. The number of likely N-dealkylation sites (tertiary alicyclic amines) is 1. The van der Waals surface area contributed by atoms with E-state index in [0.717, 1.165) is 19.5 Å². The van der Waals surface area contributed by atoms with Crippen molar-refractivity contribution in [2.75, 3.05) is 13.1 Å². The molecule has 3 nitrogen and oxygen atoms in total. The first-order chi connectivity index (χ1) is 10.6. The van der Waals surface area contributed by atoms with Gasteiger partial charge < -0.3 is 4.90 Å².